The molecule has 0 fully saturated rings. The Morgan fingerprint density at radius 2 is 2.42 bits per heavy atom. The summed E-state index contributed by atoms with van der Waals surface area (Å²) in [5.74, 6) is 0. The SMILES string of the molecule is OCn1cc(C2=C[N]C=N2)cn1. The van der Waals surface area contributed by atoms with Crippen LogP contribution >= 0.6 is 0 Å². The van der Waals surface area contributed by atoms with Crippen molar-refractivity contribution in [2.75, 3.05) is 0 Å². The van der Waals surface area contributed by atoms with E-state index in [0.717, 1.165) is 11.3 Å². The fourth-order valence-electron chi connectivity index (χ4n) is 0.955. The summed E-state index contributed by atoms with van der Waals surface area (Å²) in [7, 11) is 0. The van der Waals surface area contributed by atoms with Gasteiger partial charge in [-0.15, -0.1) is 0 Å². The Morgan fingerprint density at radius 3 is 3.00 bits per heavy atom. The number of aromatic nitrogens is 2. The molecule has 0 bridgehead atoms. The van der Waals surface area contributed by atoms with Gasteiger partial charge in [-0.3, -0.25) is 0 Å². The molecule has 61 valence electrons. The number of aliphatic hydroxyl groups excluding tert-OH is 1. The Morgan fingerprint density at radius 1 is 1.50 bits per heavy atom. The quantitative estimate of drug-likeness (QED) is 0.654. The van der Waals surface area contributed by atoms with E-state index in [0.29, 0.717) is 0 Å². The minimum absolute atomic E-state index is 0.117. The van der Waals surface area contributed by atoms with Crippen LogP contribution in [0, 0.1) is 0 Å². The van der Waals surface area contributed by atoms with Gasteiger partial charge in [0.25, 0.3) is 0 Å². The Hall–Kier alpha value is -1.62. The smallest absolute Gasteiger partial charge is 0.136 e. The van der Waals surface area contributed by atoms with Crippen molar-refractivity contribution in [1.29, 1.82) is 0 Å². The van der Waals surface area contributed by atoms with Crippen molar-refractivity contribution < 1.29 is 5.11 Å². The van der Waals surface area contributed by atoms with E-state index in [2.05, 4.69) is 15.4 Å². The summed E-state index contributed by atoms with van der Waals surface area (Å²) in [4.78, 5) is 3.99. The van der Waals surface area contributed by atoms with E-state index < -0.39 is 0 Å². The van der Waals surface area contributed by atoms with Crippen LogP contribution in [0.25, 0.3) is 5.70 Å². The van der Waals surface area contributed by atoms with Gasteiger partial charge in [-0.1, -0.05) is 0 Å². The zero-order valence-corrected chi connectivity index (χ0v) is 6.25. The number of rotatable bonds is 2. The molecule has 0 aromatic carbocycles. The number of aliphatic hydroxyl groups is 1. The maximum Gasteiger partial charge on any atom is 0.136 e. The molecule has 0 amide bonds. The summed E-state index contributed by atoms with van der Waals surface area (Å²) in [6, 6.07) is 0. The third-order valence-electron chi connectivity index (χ3n) is 1.53. The van der Waals surface area contributed by atoms with E-state index >= 15 is 0 Å². The Bertz CT molecular complexity index is 339. The first-order chi connectivity index (χ1) is 5.90. The lowest BCUT2D eigenvalue weighted by atomic mass is 10.3. The van der Waals surface area contributed by atoms with Gasteiger partial charge in [-0.05, 0) is 0 Å². The molecule has 0 unspecified atom stereocenters. The normalized spacial score (nSPS) is 14.6. The van der Waals surface area contributed by atoms with Gasteiger partial charge in [0.15, 0.2) is 0 Å². The standard InChI is InChI=1S/C7H7N4O/c12-5-11-3-6(1-10-11)7-2-8-4-9-7/h1-4,12H,5H2. The minimum Gasteiger partial charge on any atom is -0.374 e. The van der Waals surface area contributed by atoms with Crippen molar-refractivity contribution in [3.63, 3.8) is 0 Å². The zero-order chi connectivity index (χ0) is 8.39. The lowest BCUT2D eigenvalue weighted by molar-refractivity contribution is 0.195. The number of nitrogens with zero attached hydrogens (tertiary/aromatic N) is 4. The van der Waals surface area contributed by atoms with Crippen LogP contribution in [0.4, 0.5) is 0 Å². The highest BCUT2D eigenvalue weighted by molar-refractivity contribution is 5.78. The molecule has 5 nitrogen and oxygen atoms in total. The van der Waals surface area contributed by atoms with Gasteiger partial charge in [-0.25, -0.2) is 15.0 Å². The summed E-state index contributed by atoms with van der Waals surface area (Å²) in [6.45, 7) is -0.117. The maximum absolute atomic E-state index is 8.71. The third kappa shape index (κ3) is 1.10. The fourth-order valence-corrected chi connectivity index (χ4v) is 0.955. The second-order valence-electron chi connectivity index (χ2n) is 2.32. The van der Waals surface area contributed by atoms with Crippen LogP contribution in [-0.2, 0) is 6.73 Å². The van der Waals surface area contributed by atoms with Crippen LogP contribution in [-0.4, -0.2) is 21.2 Å². The average Bonchev–Trinajstić information content (AvgIpc) is 2.75. The van der Waals surface area contributed by atoms with Gasteiger partial charge in [0, 0.05) is 11.8 Å². The van der Waals surface area contributed by atoms with Crippen molar-refractivity contribution >= 4 is 12.0 Å². The van der Waals surface area contributed by atoms with E-state index in [9.17, 15) is 0 Å². The first-order valence-corrected chi connectivity index (χ1v) is 3.46. The van der Waals surface area contributed by atoms with Gasteiger partial charge < -0.3 is 5.11 Å². The summed E-state index contributed by atoms with van der Waals surface area (Å²) in [5.41, 5.74) is 1.64. The average molecular weight is 163 g/mol. The number of hydrogen-bond acceptors (Lipinski definition) is 3. The Kier molecular flexibility index (Phi) is 1.64. The molecule has 5 heteroatoms. The van der Waals surface area contributed by atoms with Crippen LogP contribution in [0.15, 0.2) is 23.6 Å². The summed E-state index contributed by atoms with van der Waals surface area (Å²) in [5, 5.41) is 16.4. The van der Waals surface area contributed by atoms with Crippen molar-refractivity contribution in [2.24, 2.45) is 4.99 Å². The van der Waals surface area contributed by atoms with Crippen LogP contribution in [0.3, 0.4) is 0 Å². The van der Waals surface area contributed by atoms with Crippen molar-refractivity contribution in [3.8, 4) is 0 Å². The van der Waals surface area contributed by atoms with Crippen LogP contribution < -0.4 is 5.32 Å². The molecular formula is C7H7N4O. The van der Waals surface area contributed by atoms with E-state index in [1.807, 2.05) is 0 Å². The molecule has 0 atom stereocenters. The molecule has 0 aliphatic carbocycles. The van der Waals surface area contributed by atoms with E-state index in [1.54, 1.807) is 18.6 Å². The molecule has 12 heavy (non-hydrogen) atoms. The largest absolute Gasteiger partial charge is 0.374 e. The molecule has 0 saturated heterocycles. The third-order valence-corrected chi connectivity index (χ3v) is 1.53. The van der Waals surface area contributed by atoms with Crippen LogP contribution in [0.1, 0.15) is 5.56 Å². The highest BCUT2D eigenvalue weighted by atomic mass is 16.3. The van der Waals surface area contributed by atoms with E-state index in [-0.39, 0.29) is 6.73 Å². The van der Waals surface area contributed by atoms with Crippen molar-refractivity contribution in [1.82, 2.24) is 15.1 Å². The molecule has 1 radical (unpaired) electrons. The molecule has 1 aliphatic rings. The van der Waals surface area contributed by atoms with Gasteiger partial charge in [0.1, 0.15) is 13.1 Å². The topological polar surface area (TPSA) is 64.5 Å². The molecule has 1 aromatic rings. The van der Waals surface area contributed by atoms with Crippen LogP contribution in [0.2, 0.25) is 0 Å². The summed E-state index contributed by atoms with van der Waals surface area (Å²) >= 11 is 0. The number of aliphatic imine (C=N–C) groups is 1. The predicted octanol–water partition coefficient (Wildman–Crippen LogP) is -0.222. The summed E-state index contributed by atoms with van der Waals surface area (Å²) < 4.78 is 1.42. The molecule has 2 heterocycles. The fraction of sp³-hybridized carbons (Fsp3) is 0.143. The highest BCUT2D eigenvalue weighted by Crippen LogP contribution is 2.15. The highest BCUT2D eigenvalue weighted by Gasteiger charge is 2.05. The van der Waals surface area contributed by atoms with Gasteiger partial charge >= 0.3 is 0 Å². The molecule has 1 N–H and O–H groups in total. The zero-order valence-electron chi connectivity index (χ0n) is 6.25. The molecule has 0 spiro atoms. The molecule has 2 rings (SSSR count). The minimum atomic E-state index is -0.117. The summed E-state index contributed by atoms with van der Waals surface area (Å²) in [6.07, 6.45) is 6.48. The maximum atomic E-state index is 8.71. The van der Waals surface area contributed by atoms with Gasteiger partial charge in [0.2, 0.25) is 0 Å². The van der Waals surface area contributed by atoms with Gasteiger partial charge in [-0.2, -0.15) is 5.10 Å². The lowest BCUT2D eigenvalue weighted by Gasteiger charge is -1.90. The molecule has 0 saturated carbocycles. The first-order valence-electron chi connectivity index (χ1n) is 3.46. The number of hydrogen-bond donors (Lipinski definition) is 1. The molecule has 1 aliphatic heterocycles. The monoisotopic (exact) mass is 163 g/mol. The molecular weight excluding hydrogens is 156 g/mol. The van der Waals surface area contributed by atoms with Gasteiger partial charge in [0.05, 0.1) is 18.1 Å². The van der Waals surface area contributed by atoms with Crippen molar-refractivity contribution in [3.05, 3.63) is 24.2 Å². The predicted molar refractivity (Wildman–Crippen MR) is 43.0 cm³/mol. The second kappa shape index (κ2) is 2.78. The Labute approximate surface area is 69.0 Å². The van der Waals surface area contributed by atoms with E-state index in [4.69, 9.17) is 5.11 Å². The lowest BCUT2D eigenvalue weighted by Crippen LogP contribution is -1.95. The molecule has 1 aromatic heterocycles. The van der Waals surface area contributed by atoms with E-state index in [1.165, 1.54) is 11.0 Å². The van der Waals surface area contributed by atoms with Crippen LogP contribution in [0.5, 0.6) is 0 Å². The Balaban J connectivity index is 2.28. The van der Waals surface area contributed by atoms with Crippen molar-refractivity contribution in [2.45, 2.75) is 6.73 Å². The first kappa shape index (κ1) is 7.05. The second-order valence-corrected chi connectivity index (χ2v) is 2.32.